The summed E-state index contributed by atoms with van der Waals surface area (Å²) in [6, 6.07) is 45.8. The van der Waals surface area contributed by atoms with E-state index in [2.05, 4.69) is 148 Å². The van der Waals surface area contributed by atoms with E-state index in [0.717, 1.165) is 49.7 Å². The van der Waals surface area contributed by atoms with E-state index in [0.29, 0.717) is 28.7 Å². The molecule has 0 bridgehead atoms. The molecule has 0 spiro atoms. The zero-order valence-corrected chi connectivity index (χ0v) is 36.0. The molecule has 0 saturated heterocycles. The Morgan fingerprint density at radius 1 is 0.583 bits per heavy atom. The zero-order valence-electron chi connectivity index (χ0n) is 38.0. The van der Waals surface area contributed by atoms with Crippen LogP contribution >= 0.6 is 0 Å². The molecule has 0 aliphatic heterocycles. The van der Waals surface area contributed by atoms with Crippen molar-refractivity contribution in [3.63, 3.8) is 0 Å². The van der Waals surface area contributed by atoms with Crippen molar-refractivity contribution >= 4 is 32.8 Å². The molecule has 0 radical (unpaired) electrons. The van der Waals surface area contributed by atoms with Crippen LogP contribution in [0.15, 0.2) is 146 Å². The van der Waals surface area contributed by atoms with Gasteiger partial charge in [-0.1, -0.05) is 123 Å². The standard InChI is InChI=1S/C54H53N5O/c1-52(2,3)34-36-24-26-56-51(28-36)59-46-22-18-38(37-14-11-10-12-15-37)29-45(46)44-21-20-42(32-48(44)59)60-43-25-27-55-50(33-43)58-35-57(41-17-13-16-39(30-41)53(4,5)6)49-31-40(54(7,8)9)19-23-47(49)58/h10-33H,34H2,1-9H3/i34D2. The second-order valence-electron chi connectivity index (χ2n) is 18.9. The molecule has 0 atom stereocenters. The van der Waals surface area contributed by atoms with Crippen molar-refractivity contribution in [1.82, 2.24) is 19.1 Å². The third-order valence-corrected chi connectivity index (χ3v) is 11.0. The molecule has 0 aliphatic rings. The highest BCUT2D eigenvalue weighted by molar-refractivity contribution is 6.10. The molecule has 0 N–H and O–H groups in total. The Labute approximate surface area is 356 Å². The van der Waals surface area contributed by atoms with Gasteiger partial charge in [0.05, 0.1) is 27.8 Å². The molecule has 6 nitrogen and oxygen atoms in total. The van der Waals surface area contributed by atoms with Crippen molar-refractivity contribution in [2.75, 3.05) is 0 Å². The van der Waals surface area contributed by atoms with E-state index in [9.17, 15) is 0 Å². The summed E-state index contributed by atoms with van der Waals surface area (Å²) in [6.07, 6.45) is 5.55. The number of rotatable bonds is 7. The molecule has 0 saturated carbocycles. The first-order chi connectivity index (χ1) is 29.4. The Kier molecular flexibility index (Phi) is 8.91. The topological polar surface area (TPSA) is 48.8 Å². The van der Waals surface area contributed by atoms with Crippen molar-refractivity contribution in [2.45, 2.75) is 79.5 Å². The van der Waals surface area contributed by atoms with Gasteiger partial charge >= 0.3 is 0 Å². The third-order valence-electron chi connectivity index (χ3n) is 11.0. The summed E-state index contributed by atoms with van der Waals surface area (Å²) in [6.45, 7) is 19.2. The lowest BCUT2D eigenvalue weighted by molar-refractivity contribution is -0.572. The maximum absolute atomic E-state index is 9.08. The highest BCUT2D eigenvalue weighted by Gasteiger charge is 2.22. The molecule has 5 aromatic carbocycles. The maximum atomic E-state index is 9.08. The molecular formula is C54H53N5O. The number of nitrogens with zero attached hydrogens (tertiary/aromatic N) is 5. The second kappa shape index (κ2) is 14.6. The van der Waals surface area contributed by atoms with Gasteiger partial charge < -0.3 is 4.74 Å². The Balaban J connectivity index is 1.16. The van der Waals surface area contributed by atoms with Crippen LogP contribution in [0.4, 0.5) is 0 Å². The molecule has 4 aromatic heterocycles. The first-order valence-corrected chi connectivity index (χ1v) is 20.7. The molecule has 9 aromatic rings. The van der Waals surface area contributed by atoms with Gasteiger partial charge in [-0.3, -0.25) is 18.7 Å². The quantitative estimate of drug-likeness (QED) is 0.119. The van der Waals surface area contributed by atoms with E-state index in [-0.39, 0.29) is 10.8 Å². The average Bonchev–Trinajstić information content (AvgIpc) is 3.78. The van der Waals surface area contributed by atoms with E-state index in [4.69, 9.17) is 17.4 Å². The van der Waals surface area contributed by atoms with Crippen LogP contribution < -0.4 is 9.30 Å². The molecule has 0 unspecified atom stereocenters. The van der Waals surface area contributed by atoms with Gasteiger partial charge in [0.15, 0.2) is 5.82 Å². The SMILES string of the molecule is [2H]C([2H])(c1ccnc(-n2c3ccc(-c4ccccc4)cc3c3ccc(Oc4ccnc(-n5[c-][n+](-c6cccc(C(C)(C)C)c6)c6cc(C(C)(C)C)ccc65)c4)cc32)c1)C(C)(C)C. The van der Waals surface area contributed by atoms with Crippen LogP contribution in [-0.4, -0.2) is 19.1 Å². The Morgan fingerprint density at radius 3 is 2.07 bits per heavy atom. The fraction of sp³-hybridized carbons (Fsp3) is 0.241. The van der Waals surface area contributed by atoms with Crippen molar-refractivity contribution in [3.05, 3.63) is 169 Å². The molecule has 0 aliphatic carbocycles. The predicted octanol–water partition coefficient (Wildman–Crippen LogP) is 13.2. The fourth-order valence-electron chi connectivity index (χ4n) is 7.94. The van der Waals surface area contributed by atoms with Crippen molar-refractivity contribution in [3.8, 4) is 39.9 Å². The number of imidazole rings is 1. The minimum atomic E-state index is -1.59. The summed E-state index contributed by atoms with van der Waals surface area (Å²) in [5, 5.41) is 2.10. The van der Waals surface area contributed by atoms with Gasteiger partial charge in [0.1, 0.15) is 17.3 Å². The van der Waals surface area contributed by atoms with Crippen LogP contribution in [0.5, 0.6) is 11.5 Å². The summed E-state index contributed by atoms with van der Waals surface area (Å²) in [5.41, 5.74) is 9.56. The monoisotopic (exact) mass is 789 g/mol. The van der Waals surface area contributed by atoms with Crippen LogP contribution in [-0.2, 0) is 17.2 Å². The van der Waals surface area contributed by atoms with E-state index < -0.39 is 11.8 Å². The van der Waals surface area contributed by atoms with Gasteiger partial charge in [-0.05, 0) is 111 Å². The van der Waals surface area contributed by atoms with Crippen LogP contribution in [0.1, 0.15) is 81.7 Å². The Morgan fingerprint density at radius 2 is 1.30 bits per heavy atom. The minimum absolute atomic E-state index is 0.0101. The Hall–Kier alpha value is -6.53. The van der Waals surface area contributed by atoms with Crippen LogP contribution in [0, 0.1) is 11.7 Å². The van der Waals surface area contributed by atoms with Crippen molar-refractivity contribution < 1.29 is 12.0 Å². The van der Waals surface area contributed by atoms with Crippen molar-refractivity contribution in [1.29, 1.82) is 0 Å². The first kappa shape index (κ1) is 36.5. The van der Waals surface area contributed by atoms with Gasteiger partial charge in [-0.2, -0.15) is 0 Å². The van der Waals surface area contributed by atoms with Crippen molar-refractivity contribution in [2.24, 2.45) is 5.41 Å². The first-order valence-electron chi connectivity index (χ1n) is 21.7. The maximum Gasteiger partial charge on any atom is 0.271 e. The molecular weight excluding hydrogens is 735 g/mol. The van der Waals surface area contributed by atoms with E-state index in [1.165, 1.54) is 11.1 Å². The second-order valence-corrected chi connectivity index (χ2v) is 18.9. The smallest absolute Gasteiger partial charge is 0.271 e. The molecule has 0 fully saturated rings. The van der Waals surface area contributed by atoms with Crippen LogP contribution in [0.2, 0.25) is 0 Å². The minimum Gasteiger partial charge on any atom is -0.458 e. The molecule has 300 valence electrons. The number of hydrogen-bond donors (Lipinski definition) is 0. The predicted molar refractivity (Wildman–Crippen MR) is 246 cm³/mol. The third kappa shape index (κ3) is 7.59. The summed E-state index contributed by atoms with van der Waals surface area (Å²) in [4.78, 5) is 9.68. The van der Waals surface area contributed by atoms with E-state index in [1.807, 2.05) is 61.7 Å². The lowest BCUT2D eigenvalue weighted by Crippen LogP contribution is -2.30. The van der Waals surface area contributed by atoms with Crippen LogP contribution in [0.25, 0.3) is 61.3 Å². The van der Waals surface area contributed by atoms with Gasteiger partial charge in [-0.15, -0.1) is 0 Å². The lowest BCUT2D eigenvalue weighted by Gasteiger charge is -2.21. The number of fused-ring (bicyclic) bond motifs is 4. The molecule has 4 heterocycles. The molecule has 6 heteroatoms. The normalized spacial score (nSPS) is 13.2. The lowest BCUT2D eigenvalue weighted by atomic mass is 9.86. The van der Waals surface area contributed by atoms with Crippen LogP contribution in [0.3, 0.4) is 0 Å². The fourth-order valence-corrected chi connectivity index (χ4v) is 7.94. The average molecular weight is 790 g/mol. The summed E-state index contributed by atoms with van der Waals surface area (Å²) >= 11 is 0. The summed E-state index contributed by atoms with van der Waals surface area (Å²) < 4.78 is 31.1. The Bertz CT molecular complexity index is 3140. The number of hydrogen-bond acceptors (Lipinski definition) is 3. The summed E-state index contributed by atoms with van der Waals surface area (Å²) in [5.74, 6) is 2.59. The number of pyridine rings is 2. The van der Waals surface area contributed by atoms with E-state index in [1.54, 1.807) is 18.5 Å². The highest BCUT2D eigenvalue weighted by atomic mass is 16.5. The van der Waals surface area contributed by atoms with Gasteiger partial charge in [-0.25, -0.2) is 4.98 Å². The van der Waals surface area contributed by atoms with Gasteiger partial charge in [0.25, 0.3) is 6.33 Å². The zero-order chi connectivity index (χ0) is 43.8. The highest BCUT2D eigenvalue weighted by Crippen LogP contribution is 2.38. The van der Waals surface area contributed by atoms with E-state index >= 15 is 0 Å². The number of aromatic nitrogens is 5. The molecule has 60 heavy (non-hydrogen) atoms. The number of benzene rings is 5. The summed E-state index contributed by atoms with van der Waals surface area (Å²) in [7, 11) is 0. The largest absolute Gasteiger partial charge is 0.458 e. The molecule has 9 rings (SSSR count). The van der Waals surface area contributed by atoms with Gasteiger partial charge in [0.2, 0.25) is 0 Å². The van der Waals surface area contributed by atoms with Gasteiger partial charge in [0, 0.05) is 38.0 Å². The molecule has 0 amide bonds. The number of ether oxygens (including phenoxy) is 1.